The highest BCUT2D eigenvalue weighted by Gasteiger charge is 2.41. The molecule has 1 atom stereocenters. The van der Waals surface area contributed by atoms with Crippen molar-refractivity contribution in [3.8, 4) is 0 Å². The van der Waals surface area contributed by atoms with Crippen molar-refractivity contribution in [3.63, 3.8) is 0 Å². The molecular formula is C14H29NO4Si. The summed E-state index contributed by atoms with van der Waals surface area (Å²) in [6, 6.07) is -0.631. The van der Waals surface area contributed by atoms with Crippen molar-refractivity contribution < 1.29 is 18.8 Å². The van der Waals surface area contributed by atoms with Crippen molar-refractivity contribution >= 4 is 20.4 Å². The van der Waals surface area contributed by atoms with Gasteiger partial charge in [0, 0.05) is 0 Å². The molecule has 0 aliphatic heterocycles. The van der Waals surface area contributed by atoms with E-state index in [0.29, 0.717) is 6.42 Å². The Labute approximate surface area is 123 Å². The van der Waals surface area contributed by atoms with Gasteiger partial charge in [0.15, 0.2) is 0 Å². The van der Waals surface area contributed by atoms with Crippen LogP contribution in [0, 0.1) is 0 Å². The molecule has 0 fully saturated rings. The Hall–Kier alpha value is -1.04. The van der Waals surface area contributed by atoms with Gasteiger partial charge in [-0.15, -0.1) is 0 Å². The van der Waals surface area contributed by atoms with Crippen LogP contribution in [-0.2, 0) is 14.0 Å². The summed E-state index contributed by atoms with van der Waals surface area (Å²) >= 11 is 0. The largest absolute Gasteiger partial charge is 0.518 e. The Kier molecular flexibility index (Phi) is 7.26. The lowest BCUT2D eigenvalue weighted by atomic mass is 10.2. The van der Waals surface area contributed by atoms with E-state index in [-0.39, 0.29) is 17.6 Å². The third-order valence-corrected chi connectivity index (χ3v) is 7.92. The van der Waals surface area contributed by atoms with Crippen molar-refractivity contribution in [1.82, 2.24) is 5.32 Å². The molecule has 0 aromatic carbocycles. The fourth-order valence-corrected chi connectivity index (χ4v) is 2.28. The van der Waals surface area contributed by atoms with Gasteiger partial charge in [0.25, 0.3) is 8.32 Å². The van der Waals surface area contributed by atoms with Gasteiger partial charge in [-0.2, -0.15) is 0 Å². The Morgan fingerprint density at radius 1 is 1.20 bits per heavy atom. The molecule has 0 aromatic rings. The monoisotopic (exact) mass is 303 g/mol. The van der Waals surface area contributed by atoms with Gasteiger partial charge in [-0.25, -0.2) is 4.79 Å². The first-order valence-corrected chi connectivity index (χ1v) is 10.1. The highest BCUT2D eigenvalue weighted by atomic mass is 28.4. The fraction of sp³-hybridized carbons (Fsp3) is 0.857. The topological polar surface area (TPSA) is 64.6 Å². The second kappa shape index (κ2) is 7.66. The fourth-order valence-electron chi connectivity index (χ4n) is 1.33. The van der Waals surface area contributed by atoms with Gasteiger partial charge >= 0.3 is 12.1 Å². The Morgan fingerprint density at radius 2 is 1.75 bits per heavy atom. The lowest BCUT2D eigenvalue weighted by Crippen LogP contribution is -2.49. The average Bonchev–Trinajstić information content (AvgIpc) is 2.26. The number of carbonyl (C=O) groups excluding carboxylic acids is 2. The van der Waals surface area contributed by atoms with Crippen LogP contribution in [0.4, 0.5) is 4.79 Å². The van der Waals surface area contributed by atoms with Gasteiger partial charge < -0.3 is 14.5 Å². The minimum Gasteiger partial charge on any atom is -0.518 e. The van der Waals surface area contributed by atoms with Gasteiger partial charge in [0.05, 0.1) is 6.61 Å². The molecule has 0 aliphatic carbocycles. The molecule has 118 valence electrons. The molecule has 0 aromatic heterocycles. The van der Waals surface area contributed by atoms with E-state index in [4.69, 9.17) is 9.16 Å². The number of nitrogens with one attached hydrogen (secondary N) is 1. The van der Waals surface area contributed by atoms with Crippen LogP contribution in [-0.4, -0.2) is 33.0 Å². The highest BCUT2D eigenvalue weighted by molar-refractivity contribution is 6.75. The molecule has 1 N–H and O–H groups in total. The zero-order chi connectivity index (χ0) is 16.0. The number of carbonyl (C=O) groups is 2. The van der Waals surface area contributed by atoms with Crippen molar-refractivity contribution in [1.29, 1.82) is 0 Å². The van der Waals surface area contributed by atoms with E-state index < -0.39 is 20.5 Å². The first kappa shape index (κ1) is 19.0. The first-order chi connectivity index (χ1) is 9.05. The molecule has 1 amide bonds. The van der Waals surface area contributed by atoms with Crippen LogP contribution in [0.25, 0.3) is 0 Å². The number of alkyl carbamates (subject to hydrolysis) is 1. The van der Waals surface area contributed by atoms with E-state index in [1.54, 1.807) is 6.92 Å². The lowest BCUT2D eigenvalue weighted by molar-refractivity contribution is -0.138. The van der Waals surface area contributed by atoms with Crippen LogP contribution >= 0.6 is 0 Å². The van der Waals surface area contributed by atoms with Gasteiger partial charge in [-0.1, -0.05) is 34.1 Å². The summed E-state index contributed by atoms with van der Waals surface area (Å²) in [6.07, 6.45) is 0.758. The Morgan fingerprint density at radius 3 is 2.15 bits per heavy atom. The van der Waals surface area contributed by atoms with E-state index in [2.05, 4.69) is 26.1 Å². The van der Waals surface area contributed by atoms with Gasteiger partial charge in [-0.3, -0.25) is 4.79 Å². The molecule has 0 saturated carbocycles. The average molecular weight is 303 g/mol. The second-order valence-electron chi connectivity index (χ2n) is 6.39. The van der Waals surface area contributed by atoms with Gasteiger partial charge in [0.1, 0.15) is 6.04 Å². The summed E-state index contributed by atoms with van der Waals surface area (Å²) < 4.78 is 10.5. The minimum absolute atomic E-state index is 0.0522. The summed E-state index contributed by atoms with van der Waals surface area (Å²) in [6.45, 7) is 14.2. The quantitative estimate of drug-likeness (QED) is 0.763. The minimum atomic E-state index is -2.17. The van der Waals surface area contributed by atoms with Crippen LogP contribution < -0.4 is 5.32 Å². The molecule has 1 unspecified atom stereocenters. The smallest absolute Gasteiger partial charge is 0.407 e. The zero-order valence-corrected chi connectivity index (χ0v) is 14.8. The molecule has 0 rings (SSSR count). The van der Waals surface area contributed by atoms with Crippen molar-refractivity contribution in [2.75, 3.05) is 6.61 Å². The van der Waals surface area contributed by atoms with Crippen LogP contribution in [0.1, 0.15) is 47.5 Å². The second-order valence-corrected chi connectivity index (χ2v) is 11.1. The molecule has 0 heterocycles. The Balaban J connectivity index is 4.77. The SMILES string of the molecule is CCCC(NC(=O)OCC)C(=O)O[Si](C)(C)C(C)(C)C. The molecular weight excluding hydrogens is 274 g/mol. The summed E-state index contributed by atoms with van der Waals surface area (Å²) in [5, 5.41) is 2.53. The maximum atomic E-state index is 12.3. The Bertz CT molecular complexity index is 337. The van der Waals surface area contributed by atoms with Crippen LogP contribution in [0.2, 0.25) is 18.1 Å². The van der Waals surface area contributed by atoms with Crippen LogP contribution in [0.5, 0.6) is 0 Å². The maximum Gasteiger partial charge on any atom is 0.407 e. The number of amides is 1. The number of hydrogen-bond donors (Lipinski definition) is 1. The summed E-state index contributed by atoms with van der Waals surface area (Å²) in [5.41, 5.74) is 0. The normalized spacial score (nSPS) is 13.6. The van der Waals surface area contributed by atoms with E-state index in [0.717, 1.165) is 6.42 Å². The van der Waals surface area contributed by atoms with Crippen LogP contribution in [0.15, 0.2) is 0 Å². The third-order valence-electron chi connectivity index (χ3n) is 3.59. The number of rotatable bonds is 6. The van der Waals surface area contributed by atoms with Gasteiger partial charge in [0.2, 0.25) is 0 Å². The van der Waals surface area contributed by atoms with E-state index in [1.807, 2.05) is 20.0 Å². The molecule has 6 heteroatoms. The highest BCUT2D eigenvalue weighted by Crippen LogP contribution is 2.36. The predicted octanol–water partition coefficient (Wildman–Crippen LogP) is 3.45. The van der Waals surface area contributed by atoms with Crippen molar-refractivity contribution in [2.24, 2.45) is 0 Å². The molecule has 20 heavy (non-hydrogen) atoms. The van der Waals surface area contributed by atoms with Gasteiger partial charge in [-0.05, 0) is 31.5 Å². The predicted molar refractivity (Wildman–Crippen MR) is 82.1 cm³/mol. The molecule has 0 saturated heterocycles. The third kappa shape index (κ3) is 5.94. The standard InChI is InChI=1S/C14H29NO4Si/c1-8-10-11(15-13(17)18-9-2)12(16)19-20(6,7)14(3,4)5/h11H,8-10H2,1-7H3,(H,15,17). The van der Waals surface area contributed by atoms with E-state index in [9.17, 15) is 9.59 Å². The summed E-state index contributed by atoms with van der Waals surface area (Å²) in [7, 11) is -2.17. The molecule has 5 nitrogen and oxygen atoms in total. The van der Waals surface area contributed by atoms with Crippen molar-refractivity contribution in [2.45, 2.75) is 71.6 Å². The van der Waals surface area contributed by atoms with E-state index in [1.165, 1.54) is 0 Å². The van der Waals surface area contributed by atoms with E-state index >= 15 is 0 Å². The number of hydrogen-bond acceptors (Lipinski definition) is 4. The summed E-state index contributed by atoms with van der Waals surface area (Å²) in [5.74, 6) is -0.355. The summed E-state index contributed by atoms with van der Waals surface area (Å²) in [4.78, 5) is 23.7. The molecule has 0 aliphatic rings. The van der Waals surface area contributed by atoms with Crippen LogP contribution in [0.3, 0.4) is 0 Å². The number of ether oxygens (including phenoxy) is 1. The maximum absolute atomic E-state index is 12.3. The van der Waals surface area contributed by atoms with Crippen molar-refractivity contribution in [3.05, 3.63) is 0 Å². The lowest BCUT2D eigenvalue weighted by Gasteiger charge is -2.36. The molecule has 0 spiro atoms. The molecule has 0 bridgehead atoms. The molecule has 0 radical (unpaired) electrons. The first-order valence-electron chi connectivity index (χ1n) is 7.21. The zero-order valence-electron chi connectivity index (χ0n) is 13.8.